The fourth-order valence-corrected chi connectivity index (χ4v) is 4.45. The third kappa shape index (κ3) is 6.40. The molecular weight excluding hydrogens is 477 g/mol. The summed E-state index contributed by atoms with van der Waals surface area (Å²) in [6.07, 6.45) is 1.70. The summed E-state index contributed by atoms with van der Waals surface area (Å²) in [7, 11) is 0. The molecule has 1 heterocycles. The minimum Gasteiger partial charge on any atom is -0.342 e. The predicted octanol–water partition coefficient (Wildman–Crippen LogP) is 5.47. The lowest BCUT2D eigenvalue weighted by Gasteiger charge is -2.23. The lowest BCUT2D eigenvalue weighted by molar-refractivity contribution is -0.115. The zero-order chi connectivity index (χ0) is 26.4. The average molecular weight is 510 g/mol. The summed E-state index contributed by atoms with van der Waals surface area (Å²) < 4.78 is 16.0. The molecule has 0 aliphatic heterocycles. The van der Waals surface area contributed by atoms with Crippen molar-refractivity contribution in [1.82, 2.24) is 20.1 Å². The molecule has 0 bridgehead atoms. The van der Waals surface area contributed by atoms with Gasteiger partial charge in [-0.15, -0.1) is 16.8 Å². The van der Waals surface area contributed by atoms with Crippen LogP contribution in [0, 0.1) is 25.6 Å². The van der Waals surface area contributed by atoms with Gasteiger partial charge in [0, 0.05) is 12.2 Å². The van der Waals surface area contributed by atoms with E-state index in [0.717, 1.165) is 16.8 Å². The van der Waals surface area contributed by atoms with Gasteiger partial charge in [-0.05, 0) is 62.1 Å². The van der Waals surface area contributed by atoms with E-state index in [0.29, 0.717) is 17.5 Å². The molecule has 0 aliphatic rings. The quantitative estimate of drug-likeness (QED) is 0.280. The Bertz CT molecular complexity index is 1260. The van der Waals surface area contributed by atoms with Crippen LogP contribution >= 0.6 is 11.8 Å². The monoisotopic (exact) mass is 509 g/mol. The van der Waals surface area contributed by atoms with Crippen LogP contribution in [-0.2, 0) is 11.3 Å². The summed E-state index contributed by atoms with van der Waals surface area (Å²) in [4.78, 5) is 25.7. The fourth-order valence-electron chi connectivity index (χ4n) is 3.59. The van der Waals surface area contributed by atoms with Crippen LogP contribution in [0.15, 0.2) is 60.3 Å². The van der Waals surface area contributed by atoms with E-state index in [9.17, 15) is 14.0 Å². The Balaban J connectivity index is 1.81. The van der Waals surface area contributed by atoms with E-state index in [1.54, 1.807) is 19.1 Å². The number of nitrogens with zero attached hydrogens (tertiary/aromatic N) is 3. The Kier molecular flexibility index (Phi) is 9.03. The van der Waals surface area contributed by atoms with Crippen LogP contribution in [0.4, 0.5) is 10.1 Å². The number of hydrogen-bond acceptors (Lipinski definition) is 5. The first kappa shape index (κ1) is 27.1. The third-order valence-corrected chi connectivity index (χ3v) is 6.91. The number of amides is 2. The van der Waals surface area contributed by atoms with Crippen LogP contribution in [0.1, 0.15) is 54.1 Å². The number of aryl methyl sites for hydroxylation is 2. The summed E-state index contributed by atoms with van der Waals surface area (Å²) in [5.74, 6) is -0.831. The van der Waals surface area contributed by atoms with Crippen molar-refractivity contribution in [2.24, 2.45) is 5.92 Å². The Hall–Kier alpha value is -3.46. The van der Waals surface area contributed by atoms with Crippen LogP contribution in [0.5, 0.6) is 0 Å². The van der Waals surface area contributed by atoms with E-state index >= 15 is 0 Å². The van der Waals surface area contributed by atoms with Crippen LogP contribution in [0.25, 0.3) is 0 Å². The predicted molar refractivity (Wildman–Crippen MR) is 142 cm³/mol. The number of nitrogens with one attached hydrogen (secondary N) is 2. The molecule has 2 unspecified atom stereocenters. The Morgan fingerprint density at radius 3 is 2.47 bits per heavy atom. The highest BCUT2D eigenvalue weighted by Crippen LogP contribution is 2.28. The van der Waals surface area contributed by atoms with E-state index in [4.69, 9.17) is 0 Å². The molecule has 1 aromatic heterocycles. The first-order valence-corrected chi connectivity index (χ1v) is 12.6. The van der Waals surface area contributed by atoms with E-state index in [-0.39, 0.29) is 17.4 Å². The van der Waals surface area contributed by atoms with Gasteiger partial charge in [-0.25, -0.2) is 4.39 Å². The molecular formula is C27H32FN5O2S. The van der Waals surface area contributed by atoms with Crippen LogP contribution in [0.2, 0.25) is 0 Å². The highest BCUT2D eigenvalue weighted by atomic mass is 32.2. The van der Waals surface area contributed by atoms with Gasteiger partial charge in [0.05, 0.1) is 16.9 Å². The van der Waals surface area contributed by atoms with E-state index < -0.39 is 23.0 Å². The summed E-state index contributed by atoms with van der Waals surface area (Å²) in [5, 5.41) is 14.6. The minimum absolute atomic E-state index is 0.0378. The van der Waals surface area contributed by atoms with E-state index in [1.807, 2.05) is 50.5 Å². The first-order chi connectivity index (χ1) is 17.1. The summed E-state index contributed by atoms with van der Waals surface area (Å²) in [6, 6.07) is 11.1. The average Bonchev–Trinajstić information content (AvgIpc) is 3.21. The number of thioether (sulfide) groups is 1. The van der Waals surface area contributed by atoms with Gasteiger partial charge in [-0.2, -0.15) is 0 Å². The molecule has 0 saturated heterocycles. The number of anilines is 1. The van der Waals surface area contributed by atoms with Crippen molar-refractivity contribution >= 4 is 29.3 Å². The molecule has 0 radical (unpaired) electrons. The van der Waals surface area contributed by atoms with Gasteiger partial charge in [-0.1, -0.05) is 49.9 Å². The molecule has 2 aromatic carbocycles. The number of aromatic nitrogens is 3. The SMILES string of the molecule is C=CCn1c(SC(C)C(=O)Nc2ccc(C)c(C)c2)nnc1C(NC(=O)c1ccccc1F)C(C)C. The lowest BCUT2D eigenvalue weighted by atomic mass is 10.0. The second kappa shape index (κ2) is 12.0. The molecule has 0 aliphatic carbocycles. The number of rotatable bonds is 10. The van der Waals surface area contributed by atoms with Crippen LogP contribution in [0.3, 0.4) is 0 Å². The Morgan fingerprint density at radius 2 is 1.83 bits per heavy atom. The largest absolute Gasteiger partial charge is 0.342 e. The van der Waals surface area contributed by atoms with Crippen molar-refractivity contribution in [3.8, 4) is 0 Å². The van der Waals surface area contributed by atoms with Gasteiger partial charge in [0.25, 0.3) is 5.91 Å². The van der Waals surface area contributed by atoms with Crippen molar-refractivity contribution in [3.63, 3.8) is 0 Å². The molecule has 2 amide bonds. The van der Waals surface area contributed by atoms with Gasteiger partial charge in [-0.3, -0.25) is 9.59 Å². The first-order valence-electron chi connectivity index (χ1n) is 11.8. The lowest BCUT2D eigenvalue weighted by Crippen LogP contribution is -2.34. The van der Waals surface area contributed by atoms with Crippen molar-refractivity contribution < 1.29 is 14.0 Å². The molecule has 0 fully saturated rings. The number of halogens is 1. The molecule has 190 valence electrons. The van der Waals surface area contributed by atoms with Gasteiger partial charge in [0.1, 0.15) is 5.82 Å². The molecule has 7 nitrogen and oxygen atoms in total. The van der Waals surface area contributed by atoms with Crippen molar-refractivity contribution in [2.75, 3.05) is 5.32 Å². The third-order valence-electron chi connectivity index (χ3n) is 5.83. The molecule has 0 spiro atoms. The molecule has 9 heteroatoms. The zero-order valence-corrected chi connectivity index (χ0v) is 22.0. The molecule has 2 N–H and O–H groups in total. The highest BCUT2D eigenvalue weighted by molar-refractivity contribution is 8.00. The second-order valence-corrected chi connectivity index (χ2v) is 10.3. The number of hydrogen-bond donors (Lipinski definition) is 2. The highest BCUT2D eigenvalue weighted by Gasteiger charge is 2.28. The molecule has 2 atom stereocenters. The Labute approximate surface area is 215 Å². The summed E-state index contributed by atoms with van der Waals surface area (Å²) in [5.41, 5.74) is 2.95. The number of benzene rings is 2. The number of allylic oxidation sites excluding steroid dienone is 1. The maximum atomic E-state index is 14.2. The maximum absolute atomic E-state index is 14.2. The molecule has 3 rings (SSSR count). The summed E-state index contributed by atoms with van der Waals surface area (Å²) in [6.45, 7) is 13.9. The number of carbonyl (C=O) groups is 2. The van der Waals surface area contributed by atoms with Crippen molar-refractivity contribution in [2.45, 2.75) is 57.6 Å². The van der Waals surface area contributed by atoms with Gasteiger partial charge in [0.15, 0.2) is 11.0 Å². The van der Waals surface area contributed by atoms with Crippen LogP contribution in [-0.4, -0.2) is 31.8 Å². The smallest absolute Gasteiger partial charge is 0.254 e. The second-order valence-electron chi connectivity index (χ2n) is 8.96. The van der Waals surface area contributed by atoms with E-state index in [1.165, 1.54) is 30.0 Å². The zero-order valence-electron chi connectivity index (χ0n) is 21.2. The topological polar surface area (TPSA) is 88.9 Å². The van der Waals surface area contributed by atoms with Crippen molar-refractivity contribution in [1.29, 1.82) is 0 Å². The normalized spacial score (nSPS) is 12.8. The summed E-state index contributed by atoms with van der Waals surface area (Å²) >= 11 is 1.27. The molecule has 36 heavy (non-hydrogen) atoms. The van der Waals surface area contributed by atoms with Gasteiger partial charge < -0.3 is 15.2 Å². The van der Waals surface area contributed by atoms with Crippen molar-refractivity contribution in [3.05, 3.63) is 83.5 Å². The minimum atomic E-state index is -0.593. The fraction of sp³-hybridized carbons (Fsp3) is 0.333. The van der Waals surface area contributed by atoms with Crippen LogP contribution < -0.4 is 10.6 Å². The molecule has 0 saturated carbocycles. The Morgan fingerprint density at radius 1 is 1.11 bits per heavy atom. The maximum Gasteiger partial charge on any atom is 0.254 e. The molecule has 3 aromatic rings. The van der Waals surface area contributed by atoms with E-state index in [2.05, 4.69) is 27.4 Å². The number of carbonyl (C=O) groups excluding carboxylic acids is 2. The standard InChI is InChI=1S/C27H32FN5O2S/c1-7-14-33-24(23(16(2)3)30-26(35)21-10-8-9-11-22(21)28)31-32-27(33)36-19(6)25(34)29-20-13-12-17(4)18(5)15-20/h7-13,15-16,19,23H,1,14H2,2-6H3,(H,29,34)(H,30,35). The van der Waals surface area contributed by atoms with Gasteiger partial charge in [0.2, 0.25) is 5.91 Å². The van der Waals surface area contributed by atoms with Gasteiger partial charge >= 0.3 is 0 Å².